The van der Waals surface area contributed by atoms with Crippen LogP contribution in [0.5, 0.6) is 5.75 Å². The van der Waals surface area contributed by atoms with E-state index in [1.165, 1.54) is 11.1 Å². The molecule has 2 fully saturated rings. The van der Waals surface area contributed by atoms with E-state index >= 15 is 0 Å². The normalized spacial score (nSPS) is 40.5. The zero-order chi connectivity index (χ0) is 17.1. The quantitative estimate of drug-likeness (QED) is 0.777. The minimum Gasteiger partial charge on any atom is -0.508 e. The van der Waals surface area contributed by atoms with Crippen LogP contribution in [0.2, 0.25) is 0 Å². The first-order valence-corrected chi connectivity index (χ1v) is 9.12. The Labute approximate surface area is 142 Å². The standard InChI is InChI=1S/C20H26O4/c1-20-7-6-15-14-5-3-13(21)8-11(14)2-4-16(15)17(20)9-12(19(20)24)10-18(22)23/h3,5,8,12,15-17,19,21,24H,2,4,6-7,9-10H2,1H3,(H,22,23)/t12-,15?,16?,17?,19-,20-/m0/s1. The van der Waals surface area contributed by atoms with Crippen LogP contribution < -0.4 is 0 Å². The fourth-order valence-corrected chi connectivity index (χ4v) is 6.14. The minimum absolute atomic E-state index is 0.0785. The van der Waals surface area contributed by atoms with E-state index in [1.54, 1.807) is 6.07 Å². The van der Waals surface area contributed by atoms with E-state index in [1.807, 2.05) is 6.07 Å². The summed E-state index contributed by atoms with van der Waals surface area (Å²) in [6.07, 6.45) is 4.46. The third-order valence-electron chi connectivity index (χ3n) is 7.26. The molecule has 0 saturated heterocycles. The van der Waals surface area contributed by atoms with E-state index in [0.29, 0.717) is 23.5 Å². The molecule has 0 aliphatic heterocycles. The highest BCUT2D eigenvalue weighted by atomic mass is 16.4. The molecule has 0 bridgehead atoms. The van der Waals surface area contributed by atoms with Crippen LogP contribution in [-0.4, -0.2) is 27.4 Å². The SMILES string of the molecule is C[C@]12CCC3c4ccc(O)cc4CCC3C1C[C@@H](CC(=O)O)[C@@H]2O. The second-order valence-electron chi connectivity index (χ2n) is 8.38. The molecule has 4 rings (SSSR count). The number of phenols is 1. The van der Waals surface area contributed by atoms with E-state index in [4.69, 9.17) is 5.11 Å². The second-order valence-corrected chi connectivity index (χ2v) is 8.38. The number of aliphatic carboxylic acids is 1. The molecular formula is C20H26O4. The van der Waals surface area contributed by atoms with E-state index in [9.17, 15) is 15.0 Å². The molecule has 0 spiro atoms. The molecule has 6 atom stereocenters. The first-order chi connectivity index (χ1) is 11.4. The molecule has 0 radical (unpaired) electrons. The largest absolute Gasteiger partial charge is 0.508 e. The van der Waals surface area contributed by atoms with Crippen molar-refractivity contribution in [2.75, 3.05) is 0 Å². The van der Waals surface area contributed by atoms with Crippen molar-refractivity contribution in [1.29, 1.82) is 0 Å². The lowest BCUT2D eigenvalue weighted by Crippen LogP contribution is -2.44. The number of aliphatic hydroxyl groups is 1. The highest BCUT2D eigenvalue weighted by molar-refractivity contribution is 5.67. The average molecular weight is 330 g/mol. The van der Waals surface area contributed by atoms with Crippen molar-refractivity contribution in [2.45, 2.75) is 57.5 Å². The van der Waals surface area contributed by atoms with Crippen LogP contribution in [0.15, 0.2) is 18.2 Å². The summed E-state index contributed by atoms with van der Waals surface area (Å²) in [4.78, 5) is 11.2. The Balaban J connectivity index is 1.65. The summed E-state index contributed by atoms with van der Waals surface area (Å²) in [6, 6.07) is 5.76. The summed E-state index contributed by atoms with van der Waals surface area (Å²) in [6.45, 7) is 2.17. The average Bonchev–Trinajstić information content (AvgIpc) is 2.78. The topological polar surface area (TPSA) is 77.8 Å². The zero-order valence-electron chi connectivity index (χ0n) is 14.1. The van der Waals surface area contributed by atoms with Gasteiger partial charge in [0.25, 0.3) is 0 Å². The van der Waals surface area contributed by atoms with Crippen molar-refractivity contribution in [3.63, 3.8) is 0 Å². The number of aryl methyl sites for hydroxylation is 1. The highest BCUT2D eigenvalue weighted by Crippen LogP contribution is 2.62. The van der Waals surface area contributed by atoms with Crippen molar-refractivity contribution < 1.29 is 20.1 Å². The third kappa shape index (κ3) is 2.26. The van der Waals surface area contributed by atoms with Gasteiger partial charge in [0.05, 0.1) is 12.5 Å². The summed E-state index contributed by atoms with van der Waals surface area (Å²) in [5.41, 5.74) is 2.48. The van der Waals surface area contributed by atoms with Gasteiger partial charge in [0, 0.05) is 0 Å². The summed E-state index contributed by atoms with van der Waals surface area (Å²) >= 11 is 0. The number of fused-ring (bicyclic) bond motifs is 5. The van der Waals surface area contributed by atoms with Crippen molar-refractivity contribution in [2.24, 2.45) is 23.2 Å². The maximum Gasteiger partial charge on any atom is 0.303 e. The molecule has 2 saturated carbocycles. The molecular weight excluding hydrogens is 304 g/mol. The van der Waals surface area contributed by atoms with Gasteiger partial charge >= 0.3 is 5.97 Å². The molecule has 1 aromatic carbocycles. The van der Waals surface area contributed by atoms with Crippen molar-refractivity contribution >= 4 is 5.97 Å². The van der Waals surface area contributed by atoms with Gasteiger partial charge in [-0.3, -0.25) is 4.79 Å². The van der Waals surface area contributed by atoms with Crippen LogP contribution >= 0.6 is 0 Å². The molecule has 0 amide bonds. The number of hydrogen-bond donors (Lipinski definition) is 3. The first-order valence-electron chi connectivity index (χ1n) is 9.12. The van der Waals surface area contributed by atoms with Crippen LogP contribution in [0.1, 0.15) is 56.1 Å². The zero-order valence-corrected chi connectivity index (χ0v) is 14.1. The lowest BCUT2D eigenvalue weighted by Gasteiger charge is -2.50. The van der Waals surface area contributed by atoms with Gasteiger partial charge in [-0.05, 0) is 84.5 Å². The first kappa shape index (κ1) is 15.9. The number of carbonyl (C=O) groups is 1. The molecule has 130 valence electrons. The van der Waals surface area contributed by atoms with Crippen LogP contribution in [-0.2, 0) is 11.2 Å². The molecule has 3 aliphatic rings. The van der Waals surface area contributed by atoms with Gasteiger partial charge in [0.15, 0.2) is 0 Å². The van der Waals surface area contributed by atoms with Crippen LogP contribution in [0.3, 0.4) is 0 Å². The van der Waals surface area contributed by atoms with Crippen LogP contribution in [0, 0.1) is 23.2 Å². The predicted octanol–water partition coefficient (Wildman–Crippen LogP) is 3.31. The summed E-state index contributed by atoms with van der Waals surface area (Å²) in [7, 11) is 0. The van der Waals surface area contributed by atoms with E-state index in [2.05, 4.69) is 13.0 Å². The molecule has 0 heterocycles. The predicted molar refractivity (Wildman–Crippen MR) is 89.9 cm³/mol. The number of carboxylic acids is 1. The van der Waals surface area contributed by atoms with Crippen molar-refractivity contribution in [3.05, 3.63) is 29.3 Å². The lowest BCUT2D eigenvalue weighted by molar-refractivity contribution is -0.139. The van der Waals surface area contributed by atoms with Gasteiger partial charge in [-0.25, -0.2) is 0 Å². The fraction of sp³-hybridized carbons (Fsp3) is 0.650. The van der Waals surface area contributed by atoms with Crippen molar-refractivity contribution in [1.82, 2.24) is 0 Å². The number of aromatic hydroxyl groups is 1. The Morgan fingerprint density at radius 2 is 2.12 bits per heavy atom. The molecule has 3 N–H and O–H groups in total. The molecule has 4 nitrogen and oxygen atoms in total. The number of rotatable bonds is 2. The lowest BCUT2D eigenvalue weighted by atomic mass is 9.55. The number of phenolic OH excluding ortho intramolecular Hbond substituents is 1. The molecule has 1 aromatic rings. The maximum atomic E-state index is 11.2. The molecule has 3 aliphatic carbocycles. The van der Waals surface area contributed by atoms with Gasteiger partial charge in [0.1, 0.15) is 5.75 Å². The minimum atomic E-state index is -0.803. The number of benzene rings is 1. The second kappa shape index (κ2) is 5.48. The number of hydrogen-bond acceptors (Lipinski definition) is 3. The monoisotopic (exact) mass is 330 g/mol. The summed E-state index contributed by atoms with van der Waals surface area (Å²) < 4.78 is 0. The van der Waals surface area contributed by atoms with Gasteiger partial charge in [-0.15, -0.1) is 0 Å². The van der Waals surface area contributed by atoms with E-state index < -0.39 is 12.1 Å². The molecule has 4 heteroatoms. The van der Waals surface area contributed by atoms with Gasteiger partial charge in [0.2, 0.25) is 0 Å². The van der Waals surface area contributed by atoms with Crippen LogP contribution in [0.4, 0.5) is 0 Å². The van der Waals surface area contributed by atoms with Gasteiger partial charge in [-0.2, -0.15) is 0 Å². The Hall–Kier alpha value is -1.55. The van der Waals surface area contributed by atoms with Crippen molar-refractivity contribution in [3.8, 4) is 5.75 Å². The fourth-order valence-electron chi connectivity index (χ4n) is 6.14. The maximum absolute atomic E-state index is 11.2. The van der Waals surface area contributed by atoms with Gasteiger partial charge < -0.3 is 15.3 Å². The molecule has 0 aromatic heterocycles. The van der Waals surface area contributed by atoms with E-state index in [-0.39, 0.29) is 17.8 Å². The summed E-state index contributed by atoms with van der Waals surface area (Å²) in [5.74, 6) is 0.834. The highest BCUT2D eigenvalue weighted by Gasteiger charge is 2.58. The van der Waals surface area contributed by atoms with Gasteiger partial charge in [-0.1, -0.05) is 13.0 Å². The smallest absolute Gasteiger partial charge is 0.303 e. The van der Waals surface area contributed by atoms with Crippen LogP contribution in [0.25, 0.3) is 0 Å². The molecule has 3 unspecified atom stereocenters. The Kier molecular flexibility index (Phi) is 3.64. The number of carboxylic acid groups (broad SMARTS) is 1. The van der Waals surface area contributed by atoms with E-state index in [0.717, 1.165) is 32.1 Å². The Morgan fingerprint density at radius 3 is 2.88 bits per heavy atom. The summed E-state index contributed by atoms with van der Waals surface area (Å²) in [5, 5.41) is 29.7. The number of aliphatic hydroxyl groups excluding tert-OH is 1. The Bertz CT molecular complexity index is 670. The molecule has 24 heavy (non-hydrogen) atoms. The Morgan fingerprint density at radius 1 is 1.33 bits per heavy atom. The third-order valence-corrected chi connectivity index (χ3v) is 7.26.